The van der Waals surface area contributed by atoms with E-state index in [1.54, 1.807) is 0 Å². The van der Waals surface area contributed by atoms with Crippen LogP contribution in [0.5, 0.6) is 0 Å². The summed E-state index contributed by atoms with van der Waals surface area (Å²) in [6.45, 7) is 0.167. The van der Waals surface area contributed by atoms with Crippen LogP contribution in [-0.2, 0) is 13.0 Å². The number of ketones is 1. The highest BCUT2D eigenvalue weighted by Crippen LogP contribution is 2.33. The van der Waals surface area contributed by atoms with Gasteiger partial charge in [0.25, 0.3) is 0 Å². The number of benzene rings is 2. The molecule has 0 unspecified atom stereocenters. The topological polar surface area (TPSA) is 42.0 Å². The fraction of sp³-hybridized carbons (Fsp3) is 0.200. The average molecular weight is 338 g/mol. The number of rotatable bonds is 3. The first-order chi connectivity index (χ1) is 12.1. The summed E-state index contributed by atoms with van der Waals surface area (Å²) in [5.41, 5.74) is 3.23. The van der Waals surface area contributed by atoms with Crippen LogP contribution < -0.4 is 5.32 Å². The quantitative estimate of drug-likeness (QED) is 0.756. The first kappa shape index (κ1) is 15.7. The number of hydrogen-bond donors (Lipinski definition) is 1. The number of halogens is 2. The van der Waals surface area contributed by atoms with Crippen LogP contribution in [-0.4, -0.2) is 10.8 Å². The Morgan fingerprint density at radius 1 is 1.08 bits per heavy atom. The molecule has 1 heterocycles. The molecule has 4 rings (SSSR count). The molecule has 0 spiro atoms. The molecule has 0 bridgehead atoms. The molecule has 0 atom stereocenters. The van der Waals surface area contributed by atoms with Crippen LogP contribution >= 0.6 is 0 Å². The van der Waals surface area contributed by atoms with E-state index in [0.29, 0.717) is 23.2 Å². The SMILES string of the molecule is O=C1CCCc2nc3ccccc3c(NCc3ccc(F)cc3F)c21. The Labute approximate surface area is 143 Å². The van der Waals surface area contributed by atoms with Crippen LogP contribution in [0.2, 0.25) is 0 Å². The van der Waals surface area contributed by atoms with Crippen molar-refractivity contribution in [2.45, 2.75) is 25.8 Å². The summed E-state index contributed by atoms with van der Waals surface area (Å²) < 4.78 is 27.0. The second kappa shape index (κ2) is 6.24. The van der Waals surface area contributed by atoms with Crippen LogP contribution in [0.4, 0.5) is 14.5 Å². The van der Waals surface area contributed by atoms with Crippen molar-refractivity contribution in [1.29, 1.82) is 0 Å². The lowest BCUT2D eigenvalue weighted by atomic mass is 9.91. The number of nitrogens with one attached hydrogen (secondary N) is 1. The molecule has 0 radical (unpaired) electrons. The van der Waals surface area contributed by atoms with Gasteiger partial charge in [-0.05, 0) is 25.0 Å². The summed E-state index contributed by atoms with van der Waals surface area (Å²) in [6, 6.07) is 11.1. The van der Waals surface area contributed by atoms with Crippen LogP contribution in [0.15, 0.2) is 42.5 Å². The van der Waals surface area contributed by atoms with Gasteiger partial charge >= 0.3 is 0 Å². The van der Waals surface area contributed by atoms with Gasteiger partial charge in [0.1, 0.15) is 11.6 Å². The molecule has 0 saturated heterocycles. The summed E-state index contributed by atoms with van der Waals surface area (Å²) in [4.78, 5) is 17.1. The van der Waals surface area contributed by atoms with Gasteiger partial charge in [0.15, 0.2) is 5.78 Å². The Morgan fingerprint density at radius 2 is 1.92 bits per heavy atom. The third kappa shape index (κ3) is 2.86. The van der Waals surface area contributed by atoms with Crippen molar-refractivity contribution in [3.05, 3.63) is 70.9 Å². The van der Waals surface area contributed by atoms with E-state index in [1.165, 1.54) is 12.1 Å². The zero-order chi connectivity index (χ0) is 17.4. The Kier molecular flexibility index (Phi) is 3.92. The molecule has 1 aliphatic rings. The largest absolute Gasteiger partial charge is 0.380 e. The molecule has 25 heavy (non-hydrogen) atoms. The fourth-order valence-electron chi connectivity index (χ4n) is 3.32. The number of para-hydroxylation sites is 1. The van der Waals surface area contributed by atoms with Gasteiger partial charge in [-0.15, -0.1) is 0 Å². The van der Waals surface area contributed by atoms with Gasteiger partial charge in [0.05, 0.1) is 22.5 Å². The van der Waals surface area contributed by atoms with Crippen LogP contribution in [0.1, 0.15) is 34.5 Å². The number of pyridine rings is 1. The first-order valence-corrected chi connectivity index (χ1v) is 8.26. The van der Waals surface area contributed by atoms with Gasteiger partial charge < -0.3 is 5.32 Å². The average Bonchev–Trinajstić information content (AvgIpc) is 2.60. The smallest absolute Gasteiger partial charge is 0.166 e. The van der Waals surface area contributed by atoms with Crippen molar-refractivity contribution >= 4 is 22.4 Å². The van der Waals surface area contributed by atoms with Crippen LogP contribution in [0.3, 0.4) is 0 Å². The zero-order valence-electron chi connectivity index (χ0n) is 13.5. The molecule has 0 amide bonds. The van der Waals surface area contributed by atoms with Crippen molar-refractivity contribution in [1.82, 2.24) is 4.98 Å². The minimum absolute atomic E-state index is 0.0570. The molecule has 0 aliphatic heterocycles. The maximum atomic E-state index is 13.9. The molecule has 5 heteroatoms. The molecule has 1 aromatic heterocycles. The zero-order valence-corrected chi connectivity index (χ0v) is 13.5. The second-order valence-corrected chi connectivity index (χ2v) is 6.19. The molecule has 0 fully saturated rings. The minimum Gasteiger partial charge on any atom is -0.380 e. The van der Waals surface area contributed by atoms with E-state index in [4.69, 9.17) is 0 Å². The molecule has 0 saturated carbocycles. The third-order valence-electron chi connectivity index (χ3n) is 4.53. The Balaban J connectivity index is 1.79. The summed E-state index contributed by atoms with van der Waals surface area (Å²) in [5, 5.41) is 4.03. The predicted octanol–water partition coefficient (Wildman–Crippen LogP) is 4.64. The van der Waals surface area contributed by atoms with Crippen molar-refractivity contribution in [3.8, 4) is 0 Å². The molecule has 3 aromatic rings. The highest BCUT2D eigenvalue weighted by atomic mass is 19.1. The maximum Gasteiger partial charge on any atom is 0.166 e. The number of carbonyl (C=O) groups is 1. The molecule has 1 aliphatic carbocycles. The number of anilines is 1. The first-order valence-electron chi connectivity index (χ1n) is 8.26. The molecule has 3 nitrogen and oxygen atoms in total. The Hall–Kier alpha value is -2.82. The minimum atomic E-state index is -0.608. The number of Topliss-reactive ketones (excluding diaryl/α,β-unsaturated/α-hetero) is 1. The second-order valence-electron chi connectivity index (χ2n) is 6.19. The van der Waals surface area contributed by atoms with Crippen molar-refractivity contribution in [3.63, 3.8) is 0 Å². The lowest BCUT2D eigenvalue weighted by Gasteiger charge is -2.21. The van der Waals surface area contributed by atoms with E-state index in [2.05, 4.69) is 10.3 Å². The van der Waals surface area contributed by atoms with E-state index >= 15 is 0 Å². The van der Waals surface area contributed by atoms with Gasteiger partial charge in [0, 0.05) is 30.0 Å². The lowest BCUT2D eigenvalue weighted by Crippen LogP contribution is -2.17. The monoisotopic (exact) mass is 338 g/mol. The summed E-state index contributed by atoms with van der Waals surface area (Å²) >= 11 is 0. The number of aromatic nitrogens is 1. The molecule has 2 aromatic carbocycles. The van der Waals surface area contributed by atoms with E-state index in [9.17, 15) is 13.6 Å². The van der Waals surface area contributed by atoms with E-state index in [-0.39, 0.29) is 12.3 Å². The number of carbonyl (C=O) groups excluding carboxylic acids is 1. The van der Waals surface area contributed by atoms with Gasteiger partial charge in [-0.3, -0.25) is 9.78 Å². The van der Waals surface area contributed by atoms with Crippen LogP contribution in [0, 0.1) is 11.6 Å². The Bertz CT molecular complexity index is 985. The predicted molar refractivity (Wildman–Crippen MR) is 92.7 cm³/mol. The maximum absolute atomic E-state index is 13.9. The van der Waals surface area contributed by atoms with Gasteiger partial charge in [-0.2, -0.15) is 0 Å². The van der Waals surface area contributed by atoms with E-state index < -0.39 is 11.6 Å². The molecule has 1 N–H and O–H groups in total. The number of fused-ring (bicyclic) bond motifs is 2. The Morgan fingerprint density at radius 3 is 2.76 bits per heavy atom. The molecular weight excluding hydrogens is 322 g/mol. The summed E-state index contributed by atoms with van der Waals surface area (Å²) in [5.74, 6) is -1.16. The molecular formula is C20H16F2N2O. The highest BCUT2D eigenvalue weighted by molar-refractivity contribution is 6.09. The van der Waals surface area contributed by atoms with Gasteiger partial charge in [0.2, 0.25) is 0 Å². The third-order valence-corrected chi connectivity index (χ3v) is 4.53. The van der Waals surface area contributed by atoms with Crippen molar-refractivity contribution < 1.29 is 13.6 Å². The number of aryl methyl sites for hydroxylation is 1. The normalized spacial score (nSPS) is 13.8. The lowest BCUT2D eigenvalue weighted by molar-refractivity contribution is 0.0972. The molecule has 126 valence electrons. The van der Waals surface area contributed by atoms with E-state index in [0.717, 1.165) is 35.5 Å². The number of nitrogens with zero attached hydrogens (tertiary/aromatic N) is 1. The van der Waals surface area contributed by atoms with Crippen molar-refractivity contribution in [2.75, 3.05) is 5.32 Å². The fourth-order valence-corrected chi connectivity index (χ4v) is 3.32. The standard InChI is InChI=1S/C20H16F2N2O/c21-13-9-8-12(15(22)10-13)11-23-20-14-4-1-2-5-16(14)24-17-6-3-7-18(25)19(17)20/h1-2,4-5,8-10H,3,6-7,11H2,(H,23,24). The number of hydrogen-bond acceptors (Lipinski definition) is 3. The summed E-state index contributed by atoms with van der Waals surface area (Å²) in [6.07, 6.45) is 2.04. The summed E-state index contributed by atoms with van der Waals surface area (Å²) in [7, 11) is 0. The van der Waals surface area contributed by atoms with Gasteiger partial charge in [-0.25, -0.2) is 8.78 Å². The van der Waals surface area contributed by atoms with Crippen LogP contribution in [0.25, 0.3) is 10.9 Å². The highest BCUT2D eigenvalue weighted by Gasteiger charge is 2.24. The van der Waals surface area contributed by atoms with Gasteiger partial charge in [-0.1, -0.05) is 24.3 Å². The van der Waals surface area contributed by atoms with E-state index in [1.807, 2.05) is 24.3 Å². The van der Waals surface area contributed by atoms with Crippen molar-refractivity contribution in [2.24, 2.45) is 0 Å².